The molecule has 0 aromatic carbocycles. The third-order valence-electron chi connectivity index (χ3n) is 2.46. The average Bonchev–Trinajstić information content (AvgIpc) is 2.99. The summed E-state index contributed by atoms with van der Waals surface area (Å²) in [5, 5.41) is 9.95. The summed E-state index contributed by atoms with van der Waals surface area (Å²) in [6.07, 6.45) is 2.90. The van der Waals surface area contributed by atoms with Crippen molar-refractivity contribution in [1.82, 2.24) is 25.1 Å². The summed E-state index contributed by atoms with van der Waals surface area (Å²) < 4.78 is 10.0. The second-order valence-electron chi connectivity index (χ2n) is 4.15. The van der Waals surface area contributed by atoms with Gasteiger partial charge in [-0.15, -0.1) is 0 Å². The average molecular weight is 293 g/mol. The van der Waals surface area contributed by atoms with Crippen LogP contribution in [-0.2, 0) is 6.42 Å². The Morgan fingerprint density at radius 2 is 1.86 bits per heavy atom. The molecular formula is C12H19N7O2. The van der Waals surface area contributed by atoms with Crippen molar-refractivity contribution in [1.29, 1.82) is 0 Å². The molecule has 0 spiro atoms. The van der Waals surface area contributed by atoms with Crippen LogP contribution in [0.25, 0.3) is 0 Å². The lowest BCUT2D eigenvalue weighted by Crippen LogP contribution is -2.13. The fourth-order valence-corrected chi connectivity index (χ4v) is 1.53. The van der Waals surface area contributed by atoms with E-state index in [-0.39, 0.29) is 0 Å². The monoisotopic (exact) mass is 293 g/mol. The zero-order valence-corrected chi connectivity index (χ0v) is 12.2. The largest absolute Gasteiger partial charge is 0.464 e. The first-order chi connectivity index (χ1) is 10.3. The minimum atomic E-state index is 0.299. The van der Waals surface area contributed by atoms with E-state index in [1.807, 2.05) is 6.92 Å². The van der Waals surface area contributed by atoms with Gasteiger partial charge in [0, 0.05) is 19.5 Å². The molecule has 21 heavy (non-hydrogen) atoms. The van der Waals surface area contributed by atoms with Gasteiger partial charge < -0.3 is 19.9 Å². The maximum absolute atomic E-state index is 5.34. The summed E-state index contributed by atoms with van der Waals surface area (Å²) in [5.74, 6) is 1.58. The van der Waals surface area contributed by atoms with Crippen LogP contribution in [-0.4, -0.2) is 44.8 Å². The highest BCUT2D eigenvalue weighted by atomic mass is 16.5. The van der Waals surface area contributed by atoms with Crippen LogP contribution in [0, 0.1) is 0 Å². The van der Waals surface area contributed by atoms with E-state index in [1.165, 1.54) is 6.39 Å². The van der Waals surface area contributed by atoms with E-state index in [0.29, 0.717) is 43.3 Å². The Balaban J connectivity index is 1.97. The second kappa shape index (κ2) is 7.98. The molecule has 2 heterocycles. The molecular weight excluding hydrogens is 274 g/mol. The Morgan fingerprint density at radius 1 is 1.10 bits per heavy atom. The SMILES string of the molecule is CCCNc1nc(NCCc2ncon2)nc(OCC)n1. The number of nitrogens with zero attached hydrogens (tertiary/aromatic N) is 5. The van der Waals surface area contributed by atoms with Gasteiger partial charge >= 0.3 is 6.01 Å². The van der Waals surface area contributed by atoms with E-state index < -0.39 is 0 Å². The number of rotatable bonds is 9. The van der Waals surface area contributed by atoms with E-state index in [1.54, 1.807) is 0 Å². The first-order valence-electron chi connectivity index (χ1n) is 6.93. The van der Waals surface area contributed by atoms with Crippen molar-refractivity contribution in [3.8, 4) is 6.01 Å². The standard InChI is InChI=1S/C12H19N7O2/c1-3-6-13-10-16-11(18-12(17-10)20-4-2)14-7-5-9-15-8-21-19-9/h8H,3-7H2,1-2H3,(H2,13,14,16,17,18). The van der Waals surface area contributed by atoms with Gasteiger partial charge in [-0.3, -0.25) is 0 Å². The molecule has 9 heteroatoms. The quantitative estimate of drug-likeness (QED) is 0.702. The van der Waals surface area contributed by atoms with E-state index in [4.69, 9.17) is 4.74 Å². The smallest absolute Gasteiger partial charge is 0.323 e. The van der Waals surface area contributed by atoms with Gasteiger partial charge in [-0.25, -0.2) is 0 Å². The molecule has 0 saturated carbocycles. The number of hydrogen-bond acceptors (Lipinski definition) is 9. The predicted octanol–water partition coefficient (Wildman–Crippen LogP) is 1.13. The molecule has 0 aliphatic carbocycles. The van der Waals surface area contributed by atoms with Gasteiger partial charge in [-0.05, 0) is 13.3 Å². The van der Waals surface area contributed by atoms with Gasteiger partial charge in [0.05, 0.1) is 6.61 Å². The first-order valence-corrected chi connectivity index (χ1v) is 6.93. The van der Waals surface area contributed by atoms with Crippen molar-refractivity contribution in [2.75, 3.05) is 30.3 Å². The lowest BCUT2D eigenvalue weighted by Gasteiger charge is -2.09. The minimum absolute atomic E-state index is 0.299. The molecule has 2 N–H and O–H groups in total. The van der Waals surface area contributed by atoms with Gasteiger partial charge in [0.1, 0.15) is 0 Å². The van der Waals surface area contributed by atoms with Crippen LogP contribution in [0.2, 0.25) is 0 Å². The van der Waals surface area contributed by atoms with Crippen molar-refractivity contribution >= 4 is 11.9 Å². The second-order valence-corrected chi connectivity index (χ2v) is 4.15. The van der Waals surface area contributed by atoms with Gasteiger partial charge in [0.2, 0.25) is 18.3 Å². The van der Waals surface area contributed by atoms with E-state index in [9.17, 15) is 0 Å². The van der Waals surface area contributed by atoms with Crippen molar-refractivity contribution in [2.24, 2.45) is 0 Å². The van der Waals surface area contributed by atoms with Crippen LogP contribution < -0.4 is 15.4 Å². The summed E-state index contributed by atoms with van der Waals surface area (Å²) in [5.41, 5.74) is 0. The van der Waals surface area contributed by atoms with Crippen LogP contribution in [0.5, 0.6) is 6.01 Å². The fourth-order valence-electron chi connectivity index (χ4n) is 1.53. The van der Waals surface area contributed by atoms with Gasteiger partial charge in [0.15, 0.2) is 5.82 Å². The maximum atomic E-state index is 5.34. The van der Waals surface area contributed by atoms with Crippen molar-refractivity contribution < 1.29 is 9.26 Å². The number of aromatic nitrogens is 5. The highest BCUT2D eigenvalue weighted by molar-refractivity contribution is 5.35. The summed E-state index contributed by atoms with van der Waals surface area (Å²) in [4.78, 5) is 16.6. The van der Waals surface area contributed by atoms with Crippen LogP contribution >= 0.6 is 0 Å². The molecule has 0 aliphatic rings. The number of hydrogen-bond donors (Lipinski definition) is 2. The Hall–Kier alpha value is -2.45. The van der Waals surface area contributed by atoms with E-state index in [2.05, 4.69) is 47.2 Å². The molecule has 0 atom stereocenters. The maximum Gasteiger partial charge on any atom is 0.323 e. The molecule has 2 rings (SSSR count). The molecule has 0 saturated heterocycles. The van der Waals surface area contributed by atoms with Crippen molar-refractivity contribution in [3.63, 3.8) is 0 Å². The molecule has 114 valence electrons. The number of nitrogens with one attached hydrogen (secondary N) is 2. The zero-order chi connectivity index (χ0) is 14.9. The Morgan fingerprint density at radius 3 is 2.48 bits per heavy atom. The van der Waals surface area contributed by atoms with Crippen LogP contribution in [0.1, 0.15) is 26.1 Å². The molecule has 0 fully saturated rings. The highest BCUT2D eigenvalue weighted by Crippen LogP contribution is 2.11. The molecule has 0 unspecified atom stereocenters. The third-order valence-corrected chi connectivity index (χ3v) is 2.46. The normalized spacial score (nSPS) is 10.4. The van der Waals surface area contributed by atoms with Crippen LogP contribution in [0.4, 0.5) is 11.9 Å². The predicted molar refractivity (Wildman–Crippen MR) is 76.3 cm³/mol. The Bertz CT molecular complexity index is 532. The summed E-state index contributed by atoms with van der Waals surface area (Å²) in [6, 6.07) is 0.299. The van der Waals surface area contributed by atoms with Crippen LogP contribution in [0.15, 0.2) is 10.9 Å². The van der Waals surface area contributed by atoms with Gasteiger partial charge in [-0.1, -0.05) is 12.1 Å². The van der Waals surface area contributed by atoms with Gasteiger partial charge in [-0.2, -0.15) is 19.9 Å². The molecule has 2 aromatic heterocycles. The minimum Gasteiger partial charge on any atom is -0.464 e. The molecule has 0 amide bonds. The molecule has 2 aromatic rings. The summed E-state index contributed by atoms with van der Waals surface area (Å²) >= 11 is 0. The molecule has 0 radical (unpaired) electrons. The summed E-state index contributed by atoms with van der Waals surface area (Å²) in [7, 11) is 0. The highest BCUT2D eigenvalue weighted by Gasteiger charge is 2.07. The van der Waals surface area contributed by atoms with Gasteiger partial charge in [0.25, 0.3) is 0 Å². The fraction of sp³-hybridized carbons (Fsp3) is 0.583. The molecule has 9 nitrogen and oxygen atoms in total. The first kappa shape index (κ1) is 14.9. The third kappa shape index (κ3) is 4.86. The van der Waals surface area contributed by atoms with Crippen molar-refractivity contribution in [2.45, 2.75) is 26.7 Å². The summed E-state index contributed by atoms with van der Waals surface area (Å²) in [6.45, 7) is 5.83. The topological polar surface area (TPSA) is 111 Å². The zero-order valence-electron chi connectivity index (χ0n) is 12.2. The van der Waals surface area contributed by atoms with Crippen LogP contribution in [0.3, 0.4) is 0 Å². The Labute approximate surface area is 122 Å². The molecule has 0 aliphatic heterocycles. The van der Waals surface area contributed by atoms with E-state index in [0.717, 1.165) is 13.0 Å². The number of anilines is 2. The van der Waals surface area contributed by atoms with Crippen molar-refractivity contribution in [3.05, 3.63) is 12.2 Å². The molecule has 0 bridgehead atoms. The lowest BCUT2D eigenvalue weighted by atomic mass is 10.4. The van der Waals surface area contributed by atoms with E-state index >= 15 is 0 Å². The Kier molecular flexibility index (Phi) is 5.68. The lowest BCUT2D eigenvalue weighted by molar-refractivity contribution is 0.312. The number of ether oxygens (including phenoxy) is 1.